The van der Waals surface area contributed by atoms with Crippen molar-refractivity contribution in [3.63, 3.8) is 0 Å². The molecule has 0 radical (unpaired) electrons. The van der Waals surface area contributed by atoms with Gasteiger partial charge in [-0.1, -0.05) is 38.3 Å². The van der Waals surface area contributed by atoms with Gasteiger partial charge in [0.15, 0.2) is 0 Å². The molecule has 0 bridgehead atoms. The molecule has 4 heteroatoms. The smallest absolute Gasteiger partial charge is 0.254 e. The van der Waals surface area contributed by atoms with E-state index in [1.165, 1.54) is 0 Å². The summed E-state index contributed by atoms with van der Waals surface area (Å²) in [6.45, 7) is 6.98. The molecule has 3 nitrogen and oxygen atoms in total. The Labute approximate surface area is 120 Å². The second-order valence-corrected chi connectivity index (χ2v) is 5.08. The summed E-state index contributed by atoms with van der Waals surface area (Å²) < 4.78 is 0. The monoisotopic (exact) mass is 278 g/mol. The number of rotatable bonds is 5. The van der Waals surface area contributed by atoms with Gasteiger partial charge >= 0.3 is 0 Å². The van der Waals surface area contributed by atoms with Gasteiger partial charge in [0, 0.05) is 17.8 Å². The van der Waals surface area contributed by atoms with Crippen LogP contribution in [0.15, 0.2) is 12.1 Å². The molecule has 0 fully saturated rings. The Balaban J connectivity index is 3.07. The summed E-state index contributed by atoms with van der Waals surface area (Å²) in [6.07, 6.45) is 6.17. The van der Waals surface area contributed by atoms with Crippen LogP contribution in [0.25, 0.3) is 0 Å². The fourth-order valence-corrected chi connectivity index (χ4v) is 1.97. The van der Waals surface area contributed by atoms with E-state index < -0.39 is 0 Å². The third-order valence-corrected chi connectivity index (χ3v) is 2.91. The number of carbonyl (C=O) groups is 1. The van der Waals surface area contributed by atoms with Crippen LogP contribution in [0.3, 0.4) is 0 Å². The first-order valence-electron chi connectivity index (χ1n) is 6.39. The van der Waals surface area contributed by atoms with Crippen LogP contribution in [-0.2, 0) is 0 Å². The molecule has 19 heavy (non-hydrogen) atoms. The van der Waals surface area contributed by atoms with E-state index in [0.29, 0.717) is 23.8 Å². The number of hydrogen-bond acceptors (Lipinski definition) is 2. The van der Waals surface area contributed by atoms with Crippen molar-refractivity contribution in [2.24, 2.45) is 0 Å². The molecule has 0 N–H and O–H groups in total. The Hall–Kier alpha value is -1.53. The van der Waals surface area contributed by atoms with E-state index in [2.05, 4.69) is 10.9 Å². The summed E-state index contributed by atoms with van der Waals surface area (Å²) in [7, 11) is 0. The van der Waals surface area contributed by atoms with Crippen molar-refractivity contribution >= 4 is 17.5 Å². The van der Waals surface area contributed by atoms with E-state index in [-0.39, 0.29) is 11.8 Å². The molecule has 0 aliphatic rings. The molecule has 0 spiro atoms. The third-order valence-electron chi connectivity index (χ3n) is 2.72. The van der Waals surface area contributed by atoms with Crippen molar-refractivity contribution in [3.05, 3.63) is 28.5 Å². The van der Waals surface area contributed by atoms with E-state index in [1.807, 2.05) is 20.8 Å². The van der Waals surface area contributed by atoms with E-state index in [1.54, 1.807) is 17.0 Å². The van der Waals surface area contributed by atoms with Crippen molar-refractivity contribution in [1.82, 2.24) is 9.88 Å². The van der Waals surface area contributed by atoms with E-state index in [0.717, 1.165) is 12.1 Å². The number of carbonyl (C=O) groups excluding carboxylic acids is 1. The van der Waals surface area contributed by atoms with Crippen molar-refractivity contribution in [2.45, 2.75) is 33.1 Å². The van der Waals surface area contributed by atoms with Crippen LogP contribution in [0.5, 0.6) is 0 Å². The Bertz CT molecular complexity index is 491. The lowest BCUT2D eigenvalue weighted by molar-refractivity contribution is 0.0776. The Morgan fingerprint density at radius 3 is 2.74 bits per heavy atom. The summed E-state index contributed by atoms with van der Waals surface area (Å²) in [5.41, 5.74) is 1.36. The lowest BCUT2D eigenvalue weighted by Crippen LogP contribution is -2.32. The first-order chi connectivity index (χ1) is 8.99. The van der Waals surface area contributed by atoms with Gasteiger partial charge in [0.1, 0.15) is 5.15 Å². The summed E-state index contributed by atoms with van der Waals surface area (Å²) in [5.74, 6) is 2.64. The van der Waals surface area contributed by atoms with Crippen molar-refractivity contribution in [3.8, 4) is 12.3 Å². The Morgan fingerprint density at radius 1 is 1.53 bits per heavy atom. The molecular formula is C15H19ClN2O. The highest BCUT2D eigenvalue weighted by atomic mass is 35.5. The summed E-state index contributed by atoms with van der Waals surface area (Å²) in [4.78, 5) is 18.3. The predicted molar refractivity (Wildman–Crippen MR) is 78.4 cm³/mol. The van der Waals surface area contributed by atoms with Gasteiger partial charge in [0.25, 0.3) is 5.91 Å². The number of amides is 1. The van der Waals surface area contributed by atoms with Gasteiger partial charge in [0.2, 0.25) is 0 Å². The normalized spacial score (nSPS) is 10.3. The minimum atomic E-state index is -0.0917. The maximum absolute atomic E-state index is 12.4. The average Bonchev–Trinajstić information content (AvgIpc) is 2.37. The van der Waals surface area contributed by atoms with Crippen LogP contribution in [0.1, 0.15) is 49.2 Å². The second-order valence-electron chi connectivity index (χ2n) is 4.69. The standard InChI is InChI=1S/C15H19ClN2O/c1-5-7-18(8-6-2)15(19)12-9-13(11(3)4)17-14(16)10-12/h1,9-11H,6-8H2,2-4H3. The van der Waals surface area contributed by atoms with Crippen LogP contribution < -0.4 is 0 Å². The number of aromatic nitrogens is 1. The van der Waals surface area contributed by atoms with Crippen molar-refractivity contribution < 1.29 is 4.79 Å². The summed E-state index contributed by atoms with van der Waals surface area (Å²) >= 11 is 5.97. The number of hydrogen-bond donors (Lipinski definition) is 0. The maximum atomic E-state index is 12.4. The fraction of sp³-hybridized carbons (Fsp3) is 0.467. The quantitative estimate of drug-likeness (QED) is 0.611. The minimum absolute atomic E-state index is 0.0917. The predicted octanol–water partition coefficient (Wildman–Crippen LogP) is 3.34. The van der Waals surface area contributed by atoms with Gasteiger partial charge in [-0.15, -0.1) is 6.42 Å². The van der Waals surface area contributed by atoms with Crippen LogP contribution in [0.4, 0.5) is 0 Å². The largest absolute Gasteiger partial charge is 0.328 e. The fourth-order valence-electron chi connectivity index (χ4n) is 1.75. The first kappa shape index (κ1) is 15.5. The molecule has 0 unspecified atom stereocenters. The zero-order chi connectivity index (χ0) is 14.4. The zero-order valence-electron chi connectivity index (χ0n) is 11.6. The molecule has 0 aromatic carbocycles. The van der Waals surface area contributed by atoms with E-state index in [4.69, 9.17) is 18.0 Å². The molecular weight excluding hydrogens is 260 g/mol. The SMILES string of the molecule is C#CCN(CCC)C(=O)c1cc(Cl)nc(C(C)C)c1. The second kappa shape index (κ2) is 7.16. The van der Waals surface area contributed by atoms with Crippen LogP contribution in [-0.4, -0.2) is 28.9 Å². The molecule has 102 valence electrons. The Kier molecular flexibility index (Phi) is 5.85. The van der Waals surface area contributed by atoms with Gasteiger partial charge in [-0.3, -0.25) is 4.79 Å². The third kappa shape index (κ3) is 4.25. The van der Waals surface area contributed by atoms with Gasteiger partial charge in [0.05, 0.1) is 6.54 Å². The van der Waals surface area contributed by atoms with Crippen LogP contribution in [0, 0.1) is 12.3 Å². The lowest BCUT2D eigenvalue weighted by atomic mass is 10.1. The molecule has 0 saturated heterocycles. The molecule has 0 aliphatic carbocycles. The first-order valence-corrected chi connectivity index (χ1v) is 6.77. The number of halogens is 1. The van der Waals surface area contributed by atoms with Gasteiger partial charge in [-0.25, -0.2) is 4.98 Å². The van der Waals surface area contributed by atoms with Gasteiger partial charge < -0.3 is 4.90 Å². The van der Waals surface area contributed by atoms with Gasteiger partial charge in [-0.05, 0) is 24.5 Å². The lowest BCUT2D eigenvalue weighted by Gasteiger charge is -2.20. The summed E-state index contributed by atoms with van der Waals surface area (Å²) in [6, 6.07) is 3.38. The minimum Gasteiger partial charge on any atom is -0.328 e. The average molecular weight is 279 g/mol. The molecule has 0 aliphatic heterocycles. The Morgan fingerprint density at radius 2 is 2.21 bits per heavy atom. The number of nitrogens with zero attached hydrogens (tertiary/aromatic N) is 2. The molecule has 1 amide bonds. The van der Waals surface area contributed by atoms with Gasteiger partial charge in [-0.2, -0.15) is 0 Å². The molecule has 0 saturated carbocycles. The molecule has 1 rings (SSSR count). The molecule has 1 aromatic heterocycles. The van der Waals surface area contributed by atoms with Crippen LogP contribution >= 0.6 is 11.6 Å². The van der Waals surface area contributed by atoms with Crippen LogP contribution in [0.2, 0.25) is 5.15 Å². The van der Waals surface area contributed by atoms with Crippen molar-refractivity contribution in [1.29, 1.82) is 0 Å². The summed E-state index contributed by atoms with van der Waals surface area (Å²) in [5, 5.41) is 0.340. The zero-order valence-corrected chi connectivity index (χ0v) is 12.4. The maximum Gasteiger partial charge on any atom is 0.254 e. The molecule has 1 heterocycles. The highest BCUT2D eigenvalue weighted by Gasteiger charge is 2.16. The highest BCUT2D eigenvalue weighted by Crippen LogP contribution is 2.19. The highest BCUT2D eigenvalue weighted by molar-refractivity contribution is 6.29. The molecule has 0 atom stereocenters. The number of pyridine rings is 1. The van der Waals surface area contributed by atoms with Crippen molar-refractivity contribution in [2.75, 3.05) is 13.1 Å². The molecule has 1 aromatic rings. The van der Waals surface area contributed by atoms with E-state index >= 15 is 0 Å². The number of terminal acetylenes is 1. The van der Waals surface area contributed by atoms with E-state index in [9.17, 15) is 4.79 Å². The topological polar surface area (TPSA) is 33.2 Å².